The highest BCUT2D eigenvalue weighted by molar-refractivity contribution is 6.34. The van der Waals surface area contributed by atoms with Gasteiger partial charge in [0.15, 0.2) is 0 Å². The topological polar surface area (TPSA) is 125 Å². The molecule has 48 heavy (non-hydrogen) atoms. The minimum atomic E-state index is -1.30. The van der Waals surface area contributed by atoms with Crippen LogP contribution in [0.25, 0.3) is 0 Å². The first-order valence-corrected chi connectivity index (χ1v) is 16.9. The monoisotopic (exact) mass is 677 g/mol. The largest absolute Gasteiger partial charge is 0.463 e. The molecule has 10 nitrogen and oxygen atoms in total. The van der Waals surface area contributed by atoms with E-state index in [9.17, 15) is 24.3 Å². The van der Waals surface area contributed by atoms with E-state index in [-0.39, 0.29) is 32.1 Å². The molecule has 2 bridgehead atoms. The molecule has 3 saturated heterocycles. The standard InChI is InChI=1S/C37H44ClN3O7/c1-5-7-17-30(43)47-22-26(24-13-9-8-10-14-24)39-34(44)31-29-18-19-37(48-29)32(31)35(45)41(28(21-42)23(3)4)33(37)36(46)40(20-6-2)27-16-12-11-15-25(27)38/h5-6,8-16,23,26,28-29,31-33,42H,1-2,7,17-22H2,3-4H3,(H,39,44)/t26-,28-,29+,31-,32-,33+,37-/m0/s1. The number of aliphatic hydroxyl groups is 1. The average Bonchev–Trinajstić information content (AvgIpc) is 3.73. The van der Waals surface area contributed by atoms with Gasteiger partial charge in [0, 0.05) is 13.0 Å². The van der Waals surface area contributed by atoms with Gasteiger partial charge in [0.2, 0.25) is 11.8 Å². The summed E-state index contributed by atoms with van der Waals surface area (Å²) < 4.78 is 12.2. The number of aliphatic hydroxyl groups excluding tert-OH is 1. The molecule has 0 aromatic heterocycles. The first-order chi connectivity index (χ1) is 23.1. The lowest BCUT2D eigenvalue weighted by molar-refractivity contribution is -0.147. The Kier molecular flexibility index (Phi) is 11.1. The number of rotatable bonds is 15. The molecule has 0 unspecified atom stereocenters. The van der Waals surface area contributed by atoms with Crippen LogP contribution < -0.4 is 10.2 Å². The van der Waals surface area contributed by atoms with Crippen molar-refractivity contribution >= 4 is 41.0 Å². The van der Waals surface area contributed by atoms with Gasteiger partial charge in [-0.15, -0.1) is 13.2 Å². The Balaban J connectivity index is 1.50. The third-order valence-corrected chi connectivity index (χ3v) is 10.1. The Morgan fingerprint density at radius 3 is 2.50 bits per heavy atom. The first-order valence-electron chi connectivity index (χ1n) is 16.5. The Bertz CT molecular complexity index is 1530. The van der Waals surface area contributed by atoms with Crippen molar-refractivity contribution in [1.29, 1.82) is 0 Å². The zero-order valence-electron chi connectivity index (χ0n) is 27.4. The van der Waals surface area contributed by atoms with E-state index in [1.807, 2.05) is 44.2 Å². The van der Waals surface area contributed by atoms with Crippen LogP contribution in [-0.4, -0.2) is 77.2 Å². The number of hydrogen-bond donors (Lipinski definition) is 2. The molecular formula is C37H44ClN3O7. The Hall–Kier alpha value is -3.99. The van der Waals surface area contributed by atoms with Crippen molar-refractivity contribution in [1.82, 2.24) is 10.2 Å². The summed E-state index contributed by atoms with van der Waals surface area (Å²) in [5.41, 5.74) is -0.117. The number of halogens is 1. The normalized spacial score (nSPS) is 25.4. The number of fused-ring (bicyclic) bond motifs is 1. The summed E-state index contributed by atoms with van der Waals surface area (Å²) >= 11 is 6.56. The highest BCUT2D eigenvalue weighted by atomic mass is 35.5. The van der Waals surface area contributed by atoms with Gasteiger partial charge in [0.25, 0.3) is 5.91 Å². The highest BCUT2D eigenvalue weighted by Gasteiger charge is 2.75. The second-order valence-electron chi connectivity index (χ2n) is 13.0. The van der Waals surface area contributed by atoms with Crippen molar-refractivity contribution in [2.45, 2.75) is 69.4 Å². The van der Waals surface area contributed by atoms with Crippen LogP contribution in [0, 0.1) is 17.8 Å². The fourth-order valence-corrected chi connectivity index (χ4v) is 7.78. The maximum absolute atomic E-state index is 14.8. The lowest BCUT2D eigenvalue weighted by Gasteiger charge is -2.40. The number of ether oxygens (including phenoxy) is 2. The number of carbonyl (C=O) groups excluding carboxylic acids is 4. The Labute approximate surface area is 286 Å². The van der Waals surface area contributed by atoms with Crippen LogP contribution in [0.4, 0.5) is 5.69 Å². The SMILES string of the molecule is C=CCCC(=O)OC[C@H](NC(=O)[C@@H]1[C@H]2C(=O)N([C@@H](CO)C(C)C)[C@H](C(=O)N(CC=C)c3ccccc3Cl)[C@]23CC[C@H]1O3)c1ccccc1. The van der Waals surface area contributed by atoms with Crippen molar-refractivity contribution in [2.24, 2.45) is 17.8 Å². The molecule has 2 N–H and O–H groups in total. The maximum Gasteiger partial charge on any atom is 0.306 e. The van der Waals surface area contributed by atoms with E-state index in [4.69, 9.17) is 21.1 Å². The molecule has 3 amide bonds. The number of para-hydroxylation sites is 1. The van der Waals surface area contributed by atoms with Crippen LogP contribution in [-0.2, 0) is 28.7 Å². The molecule has 1 spiro atoms. The molecule has 11 heteroatoms. The summed E-state index contributed by atoms with van der Waals surface area (Å²) in [7, 11) is 0. The predicted molar refractivity (Wildman–Crippen MR) is 182 cm³/mol. The lowest BCUT2D eigenvalue weighted by atomic mass is 9.70. The molecule has 7 atom stereocenters. The molecule has 3 heterocycles. The van der Waals surface area contributed by atoms with Gasteiger partial charge >= 0.3 is 5.97 Å². The van der Waals surface area contributed by atoms with E-state index in [1.165, 1.54) is 9.80 Å². The summed E-state index contributed by atoms with van der Waals surface area (Å²) in [6.45, 7) is 10.9. The minimum absolute atomic E-state index is 0.102. The fourth-order valence-electron chi connectivity index (χ4n) is 7.55. The fraction of sp³-hybridized carbons (Fsp3) is 0.459. The molecule has 3 aliphatic heterocycles. The number of carbonyl (C=O) groups is 4. The highest BCUT2D eigenvalue weighted by Crippen LogP contribution is 2.59. The molecule has 2 aromatic rings. The van der Waals surface area contributed by atoms with Gasteiger partial charge in [0.05, 0.1) is 47.3 Å². The second kappa shape index (κ2) is 15.1. The first kappa shape index (κ1) is 35.3. The number of esters is 1. The zero-order chi connectivity index (χ0) is 34.6. The van der Waals surface area contributed by atoms with Gasteiger partial charge in [-0.25, -0.2) is 0 Å². The van der Waals surface area contributed by atoms with Crippen molar-refractivity contribution in [3.63, 3.8) is 0 Å². The quantitative estimate of drug-likeness (QED) is 0.208. The average molecular weight is 678 g/mol. The molecule has 0 saturated carbocycles. The van der Waals surface area contributed by atoms with Crippen molar-refractivity contribution in [3.05, 3.63) is 90.5 Å². The molecule has 3 aliphatic rings. The summed E-state index contributed by atoms with van der Waals surface area (Å²) in [5.74, 6) is -3.76. The number of hydrogen-bond acceptors (Lipinski definition) is 7. The Morgan fingerprint density at radius 1 is 1.15 bits per heavy atom. The van der Waals surface area contributed by atoms with Crippen LogP contribution >= 0.6 is 11.6 Å². The third kappa shape index (κ3) is 6.53. The van der Waals surface area contributed by atoms with Gasteiger partial charge in [-0.05, 0) is 42.9 Å². The van der Waals surface area contributed by atoms with Gasteiger partial charge in [-0.1, -0.05) is 80.1 Å². The predicted octanol–water partition coefficient (Wildman–Crippen LogP) is 4.62. The van der Waals surface area contributed by atoms with Crippen LogP contribution in [0.5, 0.6) is 0 Å². The molecule has 0 aliphatic carbocycles. The number of benzene rings is 2. The summed E-state index contributed by atoms with van der Waals surface area (Å²) in [5, 5.41) is 14.0. The molecule has 2 aromatic carbocycles. The number of nitrogens with one attached hydrogen (secondary N) is 1. The number of nitrogens with zero attached hydrogens (tertiary/aromatic N) is 2. The number of anilines is 1. The summed E-state index contributed by atoms with van der Waals surface area (Å²) in [6.07, 6.45) is 4.09. The second-order valence-corrected chi connectivity index (χ2v) is 13.4. The van der Waals surface area contributed by atoms with Crippen LogP contribution in [0.1, 0.15) is 51.1 Å². The van der Waals surface area contributed by atoms with E-state index in [0.29, 0.717) is 30.0 Å². The van der Waals surface area contributed by atoms with Gasteiger partial charge in [-0.2, -0.15) is 0 Å². The lowest BCUT2D eigenvalue weighted by Crippen LogP contribution is -2.59. The van der Waals surface area contributed by atoms with Crippen LogP contribution in [0.2, 0.25) is 5.02 Å². The van der Waals surface area contributed by atoms with E-state index in [0.717, 1.165) is 5.56 Å². The maximum atomic E-state index is 14.8. The summed E-state index contributed by atoms with van der Waals surface area (Å²) in [6, 6.07) is 13.6. The van der Waals surface area contributed by atoms with Crippen LogP contribution in [0.3, 0.4) is 0 Å². The van der Waals surface area contributed by atoms with Crippen molar-refractivity contribution in [3.8, 4) is 0 Å². The number of allylic oxidation sites excluding steroid dienone is 1. The van der Waals surface area contributed by atoms with Crippen LogP contribution in [0.15, 0.2) is 79.9 Å². The van der Waals surface area contributed by atoms with Gasteiger partial charge in [0.1, 0.15) is 18.2 Å². The third-order valence-electron chi connectivity index (χ3n) is 9.79. The molecular weight excluding hydrogens is 634 g/mol. The molecule has 3 fully saturated rings. The van der Waals surface area contributed by atoms with Gasteiger partial charge in [-0.3, -0.25) is 19.2 Å². The molecule has 256 valence electrons. The number of amides is 3. The summed E-state index contributed by atoms with van der Waals surface area (Å²) in [4.78, 5) is 59.0. The van der Waals surface area contributed by atoms with E-state index >= 15 is 0 Å². The number of likely N-dealkylation sites (tertiary alicyclic amines) is 1. The molecule has 0 radical (unpaired) electrons. The van der Waals surface area contributed by atoms with E-state index in [2.05, 4.69) is 18.5 Å². The van der Waals surface area contributed by atoms with Gasteiger partial charge < -0.3 is 29.7 Å². The van der Waals surface area contributed by atoms with Crippen molar-refractivity contribution in [2.75, 3.05) is 24.7 Å². The Morgan fingerprint density at radius 2 is 1.85 bits per heavy atom. The smallest absolute Gasteiger partial charge is 0.306 e. The minimum Gasteiger partial charge on any atom is -0.463 e. The van der Waals surface area contributed by atoms with E-state index in [1.54, 1.807) is 36.4 Å². The van der Waals surface area contributed by atoms with Crippen molar-refractivity contribution < 1.29 is 33.8 Å². The van der Waals surface area contributed by atoms with E-state index < -0.39 is 65.4 Å². The molecule has 5 rings (SSSR count). The zero-order valence-corrected chi connectivity index (χ0v) is 28.2.